The molecule has 1 fully saturated rings. The summed E-state index contributed by atoms with van der Waals surface area (Å²) >= 11 is 12.1. The zero-order valence-corrected chi connectivity index (χ0v) is 20.6. The summed E-state index contributed by atoms with van der Waals surface area (Å²) < 4.78 is 17.4. The first-order chi connectivity index (χ1) is 15.1. The van der Waals surface area contributed by atoms with Gasteiger partial charge in [0.15, 0.2) is 0 Å². The van der Waals surface area contributed by atoms with Gasteiger partial charge in [0, 0.05) is 29.7 Å². The van der Waals surface area contributed by atoms with Crippen LogP contribution in [0.3, 0.4) is 0 Å². The third-order valence-corrected chi connectivity index (χ3v) is 5.56. The van der Waals surface area contributed by atoms with E-state index in [9.17, 15) is 4.79 Å². The van der Waals surface area contributed by atoms with Crippen molar-refractivity contribution in [3.8, 4) is 5.75 Å². The molecule has 1 heterocycles. The molecule has 1 unspecified atom stereocenters. The smallest absolute Gasteiger partial charge is 0.307 e. The molecule has 0 saturated carbocycles. The number of esters is 1. The Kier molecular flexibility index (Phi) is 8.45. The predicted molar refractivity (Wildman–Crippen MR) is 128 cm³/mol. The maximum absolute atomic E-state index is 12.0. The van der Waals surface area contributed by atoms with Crippen molar-refractivity contribution >= 4 is 29.2 Å². The van der Waals surface area contributed by atoms with Gasteiger partial charge in [-0.05, 0) is 74.7 Å². The molecule has 0 radical (unpaired) electrons. The molecule has 3 rings (SSSR count). The standard InChI is InChI=1S/C25H31Cl2NO4/c1-17-11-21(31-16-18-12-19(26)14-20(27)13-18)5-6-22(17)23-15-28(9-10-30-23)8-7-24(29)32-25(2,3)4/h5-6,11-14,23H,7-10,15-16H2,1-4H3. The maximum atomic E-state index is 12.0. The zero-order valence-electron chi connectivity index (χ0n) is 19.1. The zero-order chi connectivity index (χ0) is 23.3. The molecule has 1 atom stereocenters. The van der Waals surface area contributed by atoms with E-state index in [-0.39, 0.29) is 12.1 Å². The van der Waals surface area contributed by atoms with Gasteiger partial charge >= 0.3 is 5.97 Å². The van der Waals surface area contributed by atoms with Gasteiger partial charge in [-0.15, -0.1) is 0 Å². The van der Waals surface area contributed by atoms with Crippen molar-refractivity contribution in [3.05, 3.63) is 63.1 Å². The van der Waals surface area contributed by atoms with E-state index < -0.39 is 5.60 Å². The Labute approximate surface area is 200 Å². The number of nitrogens with zero attached hydrogens (tertiary/aromatic N) is 1. The number of hydrogen-bond acceptors (Lipinski definition) is 5. The van der Waals surface area contributed by atoms with Gasteiger partial charge in [-0.1, -0.05) is 29.3 Å². The van der Waals surface area contributed by atoms with Gasteiger partial charge in [0.1, 0.15) is 18.0 Å². The monoisotopic (exact) mass is 479 g/mol. The predicted octanol–water partition coefficient (Wildman–Crippen LogP) is 5.99. The first-order valence-electron chi connectivity index (χ1n) is 10.8. The molecular formula is C25H31Cl2NO4. The van der Waals surface area contributed by atoms with Crippen LogP contribution in [0.5, 0.6) is 5.75 Å². The summed E-state index contributed by atoms with van der Waals surface area (Å²) in [7, 11) is 0. The van der Waals surface area contributed by atoms with Crippen LogP contribution in [-0.4, -0.2) is 42.7 Å². The molecule has 0 amide bonds. The summed E-state index contributed by atoms with van der Waals surface area (Å²) in [4.78, 5) is 14.3. The van der Waals surface area contributed by atoms with Crippen LogP contribution in [0.4, 0.5) is 0 Å². The van der Waals surface area contributed by atoms with Crippen LogP contribution in [0.2, 0.25) is 10.0 Å². The first kappa shape index (κ1) is 24.8. The molecule has 1 aliphatic heterocycles. The molecule has 1 aliphatic rings. The van der Waals surface area contributed by atoms with E-state index in [0.717, 1.165) is 35.5 Å². The van der Waals surface area contributed by atoms with Crippen molar-refractivity contribution in [1.82, 2.24) is 4.90 Å². The molecule has 0 spiro atoms. The van der Waals surface area contributed by atoms with Crippen LogP contribution in [-0.2, 0) is 20.9 Å². The largest absolute Gasteiger partial charge is 0.489 e. The van der Waals surface area contributed by atoms with Crippen molar-refractivity contribution in [2.45, 2.75) is 52.4 Å². The summed E-state index contributed by atoms with van der Waals surface area (Å²) in [5.74, 6) is 0.610. The number of carbonyl (C=O) groups excluding carboxylic acids is 1. The number of aryl methyl sites for hydroxylation is 1. The number of hydrogen-bond donors (Lipinski definition) is 0. The molecule has 1 saturated heterocycles. The molecule has 2 aromatic rings. The Balaban J connectivity index is 1.56. The van der Waals surface area contributed by atoms with Crippen molar-refractivity contribution < 1.29 is 19.0 Å². The second kappa shape index (κ2) is 10.9. The summed E-state index contributed by atoms with van der Waals surface area (Å²) in [6.45, 7) is 10.9. The average molecular weight is 480 g/mol. The summed E-state index contributed by atoms with van der Waals surface area (Å²) in [5, 5.41) is 1.18. The molecular weight excluding hydrogens is 449 g/mol. The Morgan fingerprint density at radius 3 is 2.53 bits per heavy atom. The summed E-state index contributed by atoms with van der Waals surface area (Å²) in [5.41, 5.74) is 2.70. The Morgan fingerprint density at radius 2 is 1.88 bits per heavy atom. The van der Waals surface area contributed by atoms with Gasteiger partial charge in [0.05, 0.1) is 19.1 Å². The fourth-order valence-electron chi connectivity index (χ4n) is 3.70. The fraction of sp³-hybridized carbons (Fsp3) is 0.480. The van der Waals surface area contributed by atoms with Gasteiger partial charge in [-0.2, -0.15) is 0 Å². The lowest BCUT2D eigenvalue weighted by Gasteiger charge is -2.33. The number of carbonyl (C=O) groups is 1. The summed E-state index contributed by atoms with van der Waals surface area (Å²) in [6, 6.07) is 11.4. The van der Waals surface area contributed by atoms with E-state index in [1.165, 1.54) is 0 Å². The molecule has 7 heteroatoms. The van der Waals surface area contributed by atoms with E-state index in [1.807, 2.05) is 45.0 Å². The quantitative estimate of drug-likeness (QED) is 0.456. The minimum atomic E-state index is -0.454. The van der Waals surface area contributed by atoms with Crippen LogP contribution in [0.1, 0.15) is 50.0 Å². The normalized spacial score (nSPS) is 17.2. The Bertz CT molecular complexity index is 922. The Morgan fingerprint density at radius 1 is 1.16 bits per heavy atom. The SMILES string of the molecule is Cc1cc(OCc2cc(Cl)cc(Cl)c2)ccc1C1CN(CCC(=O)OC(C)(C)C)CCO1. The van der Waals surface area contributed by atoms with Crippen LogP contribution >= 0.6 is 23.2 Å². The van der Waals surface area contributed by atoms with Crippen molar-refractivity contribution in [2.24, 2.45) is 0 Å². The molecule has 32 heavy (non-hydrogen) atoms. The van der Waals surface area contributed by atoms with Gasteiger partial charge in [0.2, 0.25) is 0 Å². The minimum Gasteiger partial charge on any atom is -0.489 e. The van der Waals surface area contributed by atoms with E-state index in [0.29, 0.717) is 36.2 Å². The number of halogens is 2. The summed E-state index contributed by atoms with van der Waals surface area (Å²) in [6.07, 6.45) is 0.340. The lowest BCUT2D eigenvalue weighted by Crippen LogP contribution is -2.40. The molecule has 0 aliphatic carbocycles. The lowest BCUT2D eigenvalue weighted by molar-refractivity contribution is -0.155. The maximum Gasteiger partial charge on any atom is 0.307 e. The van der Waals surface area contributed by atoms with Crippen LogP contribution in [0.25, 0.3) is 0 Å². The highest BCUT2D eigenvalue weighted by molar-refractivity contribution is 6.34. The number of benzene rings is 2. The number of morpholine rings is 1. The fourth-order valence-corrected chi connectivity index (χ4v) is 4.27. The molecule has 0 bridgehead atoms. The van der Waals surface area contributed by atoms with E-state index in [1.54, 1.807) is 6.07 Å². The van der Waals surface area contributed by atoms with Gasteiger partial charge in [-0.25, -0.2) is 0 Å². The van der Waals surface area contributed by atoms with Crippen LogP contribution in [0, 0.1) is 6.92 Å². The van der Waals surface area contributed by atoms with Crippen LogP contribution < -0.4 is 4.74 Å². The molecule has 0 N–H and O–H groups in total. The second-order valence-corrected chi connectivity index (χ2v) is 9.95. The topological polar surface area (TPSA) is 48.0 Å². The van der Waals surface area contributed by atoms with E-state index >= 15 is 0 Å². The Hall–Kier alpha value is -1.79. The highest BCUT2D eigenvalue weighted by atomic mass is 35.5. The first-order valence-corrected chi connectivity index (χ1v) is 11.6. The van der Waals surface area contributed by atoms with Crippen molar-refractivity contribution in [1.29, 1.82) is 0 Å². The highest BCUT2D eigenvalue weighted by Crippen LogP contribution is 2.29. The van der Waals surface area contributed by atoms with Gasteiger partial charge < -0.3 is 14.2 Å². The third kappa shape index (κ3) is 7.66. The molecule has 2 aromatic carbocycles. The lowest BCUT2D eigenvalue weighted by atomic mass is 10.0. The highest BCUT2D eigenvalue weighted by Gasteiger charge is 2.24. The van der Waals surface area contributed by atoms with Crippen LogP contribution in [0.15, 0.2) is 36.4 Å². The third-order valence-electron chi connectivity index (χ3n) is 5.12. The van der Waals surface area contributed by atoms with Crippen molar-refractivity contribution in [3.63, 3.8) is 0 Å². The van der Waals surface area contributed by atoms with Crippen molar-refractivity contribution in [2.75, 3.05) is 26.2 Å². The van der Waals surface area contributed by atoms with E-state index in [4.69, 9.17) is 37.4 Å². The van der Waals surface area contributed by atoms with Gasteiger partial charge in [0.25, 0.3) is 0 Å². The number of ether oxygens (including phenoxy) is 3. The molecule has 5 nitrogen and oxygen atoms in total. The second-order valence-electron chi connectivity index (χ2n) is 9.08. The van der Waals surface area contributed by atoms with Gasteiger partial charge in [-0.3, -0.25) is 9.69 Å². The average Bonchev–Trinajstić information content (AvgIpc) is 2.69. The minimum absolute atomic E-state index is 0.0387. The van der Waals surface area contributed by atoms with E-state index in [2.05, 4.69) is 17.9 Å². The molecule has 174 valence electrons. The molecule has 0 aromatic heterocycles. The number of rotatable bonds is 7.